The van der Waals surface area contributed by atoms with Crippen molar-refractivity contribution in [1.82, 2.24) is 13.9 Å². The topological polar surface area (TPSA) is 47.8 Å². The maximum atomic E-state index is 10.8. The van der Waals surface area contributed by atoms with Gasteiger partial charge in [-0.3, -0.25) is 9.36 Å². The molecule has 14 heavy (non-hydrogen) atoms. The average Bonchev–Trinajstić information content (AvgIpc) is 2.72. The maximum Gasteiger partial charge on any atom is 0.219 e. The first kappa shape index (κ1) is 9.36. The summed E-state index contributed by atoms with van der Waals surface area (Å²) in [5, 5.41) is 2.13. The van der Waals surface area contributed by atoms with Gasteiger partial charge >= 0.3 is 0 Å². The second-order valence-electron chi connectivity index (χ2n) is 2.66. The van der Waals surface area contributed by atoms with Gasteiger partial charge in [-0.1, -0.05) is 11.6 Å². The summed E-state index contributed by atoms with van der Waals surface area (Å²) < 4.78 is 5.49. The molecule has 4 nitrogen and oxygen atoms in total. The van der Waals surface area contributed by atoms with E-state index >= 15 is 0 Å². The van der Waals surface area contributed by atoms with Gasteiger partial charge in [0, 0.05) is 5.38 Å². The smallest absolute Gasteiger partial charge is 0.219 e. The quantitative estimate of drug-likeness (QED) is 0.738. The van der Waals surface area contributed by atoms with E-state index in [0.29, 0.717) is 28.8 Å². The fraction of sp³-hybridized carbons (Fsp3) is 0.125. The first-order chi connectivity index (χ1) is 6.74. The van der Waals surface area contributed by atoms with Crippen LogP contribution in [0.25, 0.3) is 11.4 Å². The van der Waals surface area contributed by atoms with Gasteiger partial charge in [0.15, 0.2) is 5.15 Å². The Morgan fingerprint density at radius 2 is 2.43 bits per heavy atom. The molecule has 2 aromatic heterocycles. The zero-order chi connectivity index (χ0) is 10.1. The molecule has 72 valence electrons. The molecule has 0 aliphatic carbocycles. The number of carbonyl (C=O) groups is 1. The van der Waals surface area contributed by atoms with Crippen LogP contribution in [0, 0.1) is 6.92 Å². The number of hydrogen-bond donors (Lipinski definition) is 0. The minimum atomic E-state index is 0.306. The molecule has 0 aliphatic heterocycles. The van der Waals surface area contributed by atoms with Gasteiger partial charge in [-0.2, -0.15) is 4.37 Å². The Kier molecular flexibility index (Phi) is 2.35. The highest BCUT2D eigenvalue weighted by Crippen LogP contribution is 2.27. The van der Waals surface area contributed by atoms with Crippen LogP contribution in [0.2, 0.25) is 5.15 Å². The van der Waals surface area contributed by atoms with Crippen LogP contribution in [0.3, 0.4) is 0 Å². The summed E-state index contributed by atoms with van der Waals surface area (Å²) in [6, 6.07) is 1.80. The highest BCUT2D eigenvalue weighted by Gasteiger charge is 2.15. The highest BCUT2D eigenvalue weighted by atomic mass is 35.5. The molecule has 2 aromatic rings. The normalized spacial score (nSPS) is 10.4. The molecule has 0 fully saturated rings. The molecule has 6 heteroatoms. The molecule has 0 saturated heterocycles. The van der Waals surface area contributed by atoms with Crippen molar-refractivity contribution in [2.45, 2.75) is 6.92 Å². The lowest BCUT2D eigenvalue weighted by atomic mass is 10.3. The van der Waals surface area contributed by atoms with Crippen LogP contribution in [0.1, 0.15) is 5.82 Å². The standard InChI is InChI=1S/C8H6ClN3OS/c1-5-10-8(9)7(12(5)4-13)6-2-3-14-11-6/h2-4H,1H3. The average molecular weight is 228 g/mol. The van der Waals surface area contributed by atoms with Crippen LogP contribution < -0.4 is 0 Å². The Morgan fingerprint density at radius 1 is 1.64 bits per heavy atom. The van der Waals surface area contributed by atoms with Crippen LogP contribution in [-0.2, 0) is 4.79 Å². The zero-order valence-corrected chi connectivity index (χ0v) is 8.84. The molecule has 2 rings (SSSR count). The van der Waals surface area contributed by atoms with Crippen LogP contribution >= 0.6 is 23.1 Å². The first-order valence-corrected chi connectivity index (χ1v) is 5.06. The third-order valence-electron chi connectivity index (χ3n) is 1.83. The number of hydrogen-bond acceptors (Lipinski definition) is 4. The van der Waals surface area contributed by atoms with Crippen molar-refractivity contribution in [3.8, 4) is 11.4 Å². The maximum absolute atomic E-state index is 10.8. The summed E-state index contributed by atoms with van der Waals surface area (Å²) in [6.45, 7) is 1.72. The van der Waals surface area contributed by atoms with Crippen molar-refractivity contribution in [2.75, 3.05) is 0 Å². The summed E-state index contributed by atoms with van der Waals surface area (Å²) in [7, 11) is 0. The second kappa shape index (κ2) is 3.51. The molecule has 0 amide bonds. The summed E-state index contributed by atoms with van der Waals surface area (Å²) in [5.41, 5.74) is 1.23. The van der Waals surface area contributed by atoms with Crippen molar-refractivity contribution >= 4 is 29.5 Å². The van der Waals surface area contributed by atoms with Crippen molar-refractivity contribution in [2.24, 2.45) is 0 Å². The van der Waals surface area contributed by atoms with Crippen molar-refractivity contribution in [1.29, 1.82) is 0 Å². The Bertz CT molecular complexity index is 463. The minimum Gasteiger partial charge on any atom is -0.278 e. The zero-order valence-electron chi connectivity index (χ0n) is 7.27. The van der Waals surface area contributed by atoms with E-state index < -0.39 is 0 Å². The molecule has 0 radical (unpaired) electrons. The van der Waals surface area contributed by atoms with Crippen LogP contribution in [0.5, 0.6) is 0 Å². The van der Waals surface area contributed by atoms with Gasteiger partial charge < -0.3 is 0 Å². The predicted octanol–water partition coefficient (Wildman–Crippen LogP) is 2.01. The summed E-state index contributed by atoms with van der Waals surface area (Å²) in [5.74, 6) is 0.563. The van der Waals surface area contributed by atoms with Crippen molar-refractivity contribution in [3.05, 3.63) is 22.4 Å². The molecule has 0 aliphatic rings. The van der Waals surface area contributed by atoms with E-state index in [1.54, 1.807) is 13.0 Å². The van der Waals surface area contributed by atoms with Gasteiger partial charge in [0.25, 0.3) is 0 Å². The molecule has 0 aromatic carbocycles. The molecular formula is C8H6ClN3OS. The number of carbonyl (C=O) groups excluding carboxylic acids is 1. The van der Waals surface area contributed by atoms with E-state index in [0.717, 1.165) is 0 Å². The number of nitrogens with zero attached hydrogens (tertiary/aromatic N) is 3. The Hall–Kier alpha value is -1.20. The molecular weight excluding hydrogens is 222 g/mol. The molecule has 0 saturated carbocycles. The number of rotatable bonds is 2. The van der Waals surface area contributed by atoms with Gasteiger partial charge in [-0.05, 0) is 24.5 Å². The Labute approximate surface area is 89.3 Å². The number of aromatic nitrogens is 3. The van der Waals surface area contributed by atoms with Crippen LogP contribution in [0.4, 0.5) is 0 Å². The lowest BCUT2D eigenvalue weighted by Gasteiger charge is -1.97. The van der Waals surface area contributed by atoms with Crippen molar-refractivity contribution < 1.29 is 4.79 Å². The van der Waals surface area contributed by atoms with E-state index in [1.807, 2.05) is 5.38 Å². The number of aryl methyl sites for hydroxylation is 1. The Balaban J connectivity index is 2.68. The van der Waals surface area contributed by atoms with Gasteiger partial charge in [0.2, 0.25) is 6.41 Å². The Morgan fingerprint density at radius 3 is 3.00 bits per heavy atom. The minimum absolute atomic E-state index is 0.306. The number of halogens is 1. The molecule has 0 unspecified atom stereocenters. The molecule has 0 bridgehead atoms. The van der Waals surface area contributed by atoms with Gasteiger partial charge in [-0.15, -0.1) is 0 Å². The number of imidazole rings is 1. The summed E-state index contributed by atoms with van der Waals surface area (Å²) >= 11 is 7.20. The third kappa shape index (κ3) is 1.34. The third-order valence-corrected chi connectivity index (χ3v) is 2.65. The van der Waals surface area contributed by atoms with E-state index in [4.69, 9.17) is 11.6 Å². The van der Waals surface area contributed by atoms with Crippen molar-refractivity contribution in [3.63, 3.8) is 0 Å². The van der Waals surface area contributed by atoms with Gasteiger partial charge in [0.1, 0.15) is 17.2 Å². The lowest BCUT2D eigenvalue weighted by molar-refractivity contribution is 0.546. The summed E-state index contributed by atoms with van der Waals surface area (Å²) in [4.78, 5) is 14.8. The largest absolute Gasteiger partial charge is 0.278 e. The fourth-order valence-electron chi connectivity index (χ4n) is 1.20. The van der Waals surface area contributed by atoms with E-state index in [1.165, 1.54) is 16.1 Å². The fourth-order valence-corrected chi connectivity index (χ4v) is 2.02. The summed E-state index contributed by atoms with van der Waals surface area (Å²) in [6.07, 6.45) is 0.683. The van der Waals surface area contributed by atoms with Gasteiger partial charge in [0.05, 0.1) is 0 Å². The lowest BCUT2D eigenvalue weighted by Crippen LogP contribution is -1.99. The van der Waals surface area contributed by atoms with Gasteiger partial charge in [-0.25, -0.2) is 4.98 Å². The molecule has 2 heterocycles. The molecule has 0 atom stereocenters. The highest BCUT2D eigenvalue weighted by molar-refractivity contribution is 7.03. The molecule has 0 N–H and O–H groups in total. The predicted molar refractivity (Wildman–Crippen MR) is 55.2 cm³/mol. The SMILES string of the molecule is Cc1nc(Cl)c(-c2ccsn2)n1C=O. The first-order valence-electron chi connectivity index (χ1n) is 3.84. The van der Waals surface area contributed by atoms with E-state index in [9.17, 15) is 4.79 Å². The van der Waals surface area contributed by atoms with E-state index in [-0.39, 0.29) is 0 Å². The van der Waals surface area contributed by atoms with E-state index in [2.05, 4.69) is 9.36 Å². The molecule has 0 spiro atoms. The van der Waals surface area contributed by atoms with Crippen LogP contribution in [0.15, 0.2) is 11.4 Å². The monoisotopic (exact) mass is 227 g/mol. The van der Waals surface area contributed by atoms with Crippen LogP contribution in [-0.4, -0.2) is 20.3 Å². The second-order valence-corrected chi connectivity index (χ2v) is 3.68.